The Kier molecular flexibility index (Phi) is 4.90. The Hall–Kier alpha value is -0.610. The SMILES string of the molecule is COC(=O)CCN1CCC(OC)CC1. The summed E-state index contributed by atoms with van der Waals surface area (Å²) in [7, 11) is 3.19. The Morgan fingerprint density at radius 2 is 2.00 bits per heavy atom. The van der Waals surface area contributed by atoms with E-state index < -0.39 is 0 Å². The molecule has 0 saturated carbocycles. The lowest BCUT2D eigenvalue weighted by atomic mass is 10.1. The molecular formula is C10H19NO3. The Morgan fingerprint density at radius 3 is 2.50 bits per heavy atom. The summed E-state index contributed by atoms with van der Waals surface area (Å²) in [6.45, 7) is 2.86. The first kappa shape index (κ1) is 11.5. The third-order valence-electron chi connectivity index (χ3n) is 2.73. The van der Waals surface area contributed by atoms with Crippen LogP contribution >= 0.6 is 0 Å². The molecule has 4 heteroatoms. The van der Waals surface area contributed by atoms with Crippen LogP contribution in [0.2, 0.25) is 0 Å². The van der Waals surface area contributed by atoms with Gasteiger partial charge in [-0.3, -0.25) is 4.79 Å². The molecule has 0 atom stereocenters. The summed E-state index contributed by atoms with van der Waals surface area (Å²) in [4.78, 5) is 13.2. The molecule has 0 aromatic carbocycles. The van der Waals surface area contributed by atoms with Crippen LogP contribution in [0.25, 0.3) is 0 Å². The molecule has 1 heterocycles. The van der Waals surface area contributed by atoms with Gasteiger partial charge in [0.05, 0.1) is 19.6 Å². The fraction of sp³-hybridized carbons (Fsp3) is 0.900. The average molecular weight is 201 g/mol. The molecule has 0 bridgehead atoms. The van der Waals surface area contributed by atoms with E-state index >= 15 is 0 Å². The highest BCUT2D eigenvalue weighted by Gasteiger charge is 2.18. The number of methoxy groups -OCH3 is 2. The molecule has 1 saturated heterocycles. The number of hydrogen-bond donors (Lipinski definition) is 0. The van der Waals surface area contributed by atoms with Crippen LogP contribution in [0.4, 0.5) is 0 Å². The van der Waals surface area contributed by atoms with Gasteiger partial charge >= 0.3 is 5.97 Å². The summed E-state index contributed by atoms with van der Waals surface area (Å²) in [6.07, 6.45) is 3.04. The zero-order chi connectivity index (χ0) is 10.4. The molecule has 1 rings (SSSR count). The van der Waals surface area contributed by atoms with Crippen molar-refractivity contribution in [2.45, 2.75) is 25.4 Å². The van der Waals surface area contributed by atoms with Crippen LogP contribution in [0.15, 0.2) is 0 Å². The topological polar surface area (TPSA) is 38.8 Å². The summed E-state index contributed by atoms with van der Waals surface area (Å²) in [5.41, 5.74) is 0. The minimum Gasteiger partial charge on any atom is -0.469 e. The molecule has 0 radical (unpaired) electrons. The van der Waals surface area contributed by atoms with Gasteiger partial charge in [-0.2, -0.15) is 0 Å². The summed E-state index contributed by atoms with van der Waals surface area (Å²) in [6, 6.07) is 0. The highest BCUT2D eigenvalue weighted by atomic mass is 16.5. The molecular weight excluding hydrogens is 182 g/mol. The molecule has 0 aromatic heterocycles. The highest BCUT2D eigenvalue weighted by molar-refractivity contribution is 5.69. The zero-order valence-corrected chi connectivity index (χ0v) is 8.99. The van der Waals surface area contributed by atoms with E-state index in [0.29, 0.717) is 12.5 Å². The van der Waals surface area contributed by atoms with Gasteiger partial charge in [0, 0.05) is 26.7 Å². The summed E-state index contributed by atoms with van der Waals surface area (Å²) in [5, 5.41) is 0. The fourth-order valence-electron chi connectivity index (χ4n) is 1.72. The summed E-state index contributed by atoms with van der Waals surface area (Å²) in [5.74, 6) is -0.126. The number of likely N-dealkylation sites (tertiary alicyclic amines) is 1. The van der Waals surface area contributed by atoms with Gasteiger partial charge in [-0.25, -0.2) is 0 Å². The Bertz CT molecular complexity index is 176. The first-order valence-corrected chi connectivity index (χ1v) is 5.08. The van der Waals surface area contributed by atoms with Crippen molar-refractivity contribution >= 4 is 5.97 Å². The normalized spacial score (nSPS) is 19.6. The number of nitrogens with zero attached hydrogens (tertiary/aromatic N) is 1. The molecule has 0 unspecified atom stereocenters. The molecule has 14 heavy (non-hydrogen) atoms. The number of piperidine rings is 1. The number of carbonyl (C=O) groups excluding carboxylic acids is 1. The molecule has 1 aliphatic rings. The fourth-order valence-corrected chi connectivity index (χ4v) is 1.72. The van der Waals surface area contributed by atoms with Crippen molar-refractivity contribution in [1.82, 2.24) is 4.90 Å². The lowest BCUT2D eigenvalue weighted by Crippen LogP contribution is -2.37. The number of hydrogen-bond acceptors (Lipinski definition) is 4. The molecule has 0 N–H and O–H groups in total. The maximum Gasteiger partial charge on any atom is 0.306 e. The quantitative estimate of drug-likeness (QED) is 0.626. The lowest BCUT2D eigenvalue weighted by Gasteiger charge is -2.30. The smallest absolute Gasteiger partial charge is 0.306 e. The van der Waals surface area contributed by atoms with Gasteiger partial charge < -0.3 is 14.4 Å². The van der Waals surface area contributed by atoms with Crippen molar-refractivity contribution in [1.29, 1.82) is 0 Å². The van der Waals surface area contributed by atoms with Gasteiger partial charge in [0.1, 0.15) is 0 Å². The second kappa shape index (κ2) is 5.98. The molecule has 4 nitrogen and oxygen atoms in total. The molecule has 0 aliphatic carbocycles. The highest BCUT2D eigenvalue weighted by Crippen LogP contribution is 2.12. The van der Waals surface area contributed by atoms with Gasteiger partial charge in [0.15, 0.2) is 0 Å². The first-order chi connectivity index (χ1) is 6.76. The van der Waals surface area contributed by atoms with Crippen molar-refractivity contribution in [3.63, 3.8) is 0 Å². The monoisotopic (exact) mass is 201 g/mol. The maximum absolute atomic E-state index is 10.9. The molecule has 0 spiro atoms. The molecule has 0 aromatic rings. The number of esters is 1. The van der Waals surface area contributed by atoms with Crippen molar-refractivity contribution in [2.24, 2.45) is 0 Å². The van der Waals surface area contributed by atoms with E-state index in [4.69, 9.17) is 4.74 Å². The van der Waals surface area contributed by atoms with Crippen LogP contribution in [0.1, 0.15) is 19.3 Å². The average Bonchev–Trinajstić information content (AvgIpc) is 2.26. The van der Waals surface area contributed by atoms with Crippen LogP contribution in [0.3, 0.4) is 0 Å². The maximum atomic E-state index is 10.9. The van der Waals surface area contributed by atoms with Gasteiger partial charge in [-0.15, -0.1) is 0 Å². The van der Waals surface area contributed by atoms with E-state index in [1.807, 2.05) is 0 Å². The van der Waals surface area contributed by atoms with E-state index in [1.54, 1.807) is 7.11 Å². The summed E-state index contributed by atoms with van der Waals surface area (Å²) < 4.78 is 9.86. The Labute approximate surface area is 85.2 Å². The van der Waals surface area contributed by atoms with Crippen molar-refractivity contribution in [3.05, 3.63) is 0 Å². The molecule has 0 amide bonds. The minimum absolute atomic E-state index is 0.126. The minimum atomic E-state index is -0.126. The van der Waals surface area contributed by atoms with Crippen molar-refractivity contribution in [2.75, 3.05) is 33.9 Å². The van der Waals surface area contributed by atoms with E-state index in [9.17, 15) is 4.79 Å². The second-order valence-corrected chi connectivity index (χ2v) is 3.60. The largest absolute Gasteiger partial charge is 0.469 e. The van der Waals surface area contributed by atoms with Crippen LogP contribution in [0, 0.1) is 0 Å². The second-order valence-electron chi connectivity index (χ2n) is 3.60. The van der Waals surface area contributed by atoms with E-state index in [0.717, 1.165) is 32.5 Å². The van der Waals surface area contributed by atoms with Crippen LogP contribution < -0.4 is 0 Å². The van der Waals surface area contributed by atoms with Crippen LogP contribution in [0.5, 0.6) is 0 Å². The Morgan fingerprint density at radius 1 is 1.36 bits per heavy atom. The summed E-state index contributed by atoms with van der Waals surface area (Å²) >= 11 is 0. The first-order valence-electron chi connectivity index (χ1n) is 5.08. The van der Waals surface area contributed by atoms with Crippen molar-refractivity contribution < 1.29 is 14.3 Å². The zero-order valence-electron chi connectivity index (χ0n) is 8.99. The van der Waals surface area contributed by atoms with Crippen LogP contribution in [-0.4, -0.2) is 50.8 Å². The molecule has 1 fully saturated rings. The van der Waals surface area contributed by atoms with E-state index in [2.05, 4.69) is 9.64 Å². The molecule has 82 valence electrons. The third-order valence-corrected chi connectivity index (χ3v) is 2.73. The van der Waals surface area contributed by atoms with Crippen molar-refractivity contribution in [3.8, 4) is 0 Å². The standard InChI is InChI=1S/C10H19NO3/c1-13-9-3-6-11(7-4-9)8-5-10(12)14-2/h9H,3-8H2,1-2H3. The van der Waals surface area contributed by atoms with E-state index in [-0.39, 0.29) is 5.97 Å². The van der Waals surface area contributed by atoms with Gasteiger partial charge in [-0.1, -0.05) is 0 Å². The van der Waals surface area contributed by atoms with Gasteiger partial charge in [0.25, 0.3) is 0 Å². The third kappa shape index (κ3) is 3.64. The number of carbonyl (C=O) groups is 1. The number of ether oxygens (including phenoxy) is 2. The number of rotatable bonds is 4. The molecule has 1 aliphatic heterocycles. The van der Waals surface area contributed by atoms with Gasteiger partial charge in [-0.05, 0) is 12.8 Å². The predicted molar refractivity (Wildman–Crippen MR) is 53.1 cm³/mol. The van der Waals surface area contributed by atoms with Crippen LogP contribution in [-0.2, 0) is 14.3 Å². The Balaban J connectivity index is 2.13. The predicted octanol–water partition coefficient (Wildman–Crippen LogP) is 0.660. The lowest BCUT2D eigenvalue weighted by molar-refractivity contribution is -0.141. The van der Waals surface area contributed by atoms with E-state index in [1.165, 1.54) is 7.11 Å². The van der Waals surface area contributed by atoms with Gasteiger partial charge in [0.2, 0.25) is 0 Å².